The lowest BCUT2D eigenvalue weighted by molar-refractivity contribution is -0.124. The van der Waals surface area contributed by atoms with Crippen LogP contribution in [0.2, 0.25) is 5.02 Å². The third-order valence-electron chi connectivity index (χ3n) is 3.92. The molecule has 1 aliphatic carbocycles. The average Bonchev–Trinajstić information content (AvgIpc) is 3.29. The summed E-state index contributed by atoms with van der Waals surface area (Å²) in [5.41, 5.74) is 6.40. The summed E-state index contributed by atoms with van der Waals surface area (Å²) in [4.78, 5) is 12.0. The van der Waals surface area contributed by atoms with Crippen LogP contribution in [0.4, 0.5) is 0 Å². The maximum atomic E-state index is 12.0. The van der Waals surface area contributed by atoms with Crippen molar-refractivity contribution >= 4 is 29.3 Å². The van der Waals surface area contributed by atoms with E-state index in [-0.39, 0.29) is 5.91 Å². The van der Waals surface area contributed by atoms with E-state index in [1.165, 1.54) is 5.56 Å². The van der Waals surface area contributed by atoms with Crippen molar-refractivity contribution in [3.05, 3.63) is 34.9 Å². The minimum Gasteiger partial charge on any atom is -0.368 e. The highest BCUT2D eigenvalue weighted by Crippen LogP contribution is 2.41. The first-order valence-corrected chi connectivity index (χ1v) is 8.99. The van der Waals surface area contributed by atoms with E-state index in [1.54, 1.807) is 11.8 Å². The van der Waals surface area contributed by atoms with E-state index in [0.29, 0.717) is 5.92 Å². The van der Waals surface area contributed by atoms with Crippen molar-refractivity contribution in [2.45, 2.75) is 37.5 Å². The number of hydrogen-bond acceptors (Lipinski definition) is 3. The smallest absolute Gasteiger partial charge is 0.238 e. The highest BCUT2D eigenvalue weighted by Gasteiger charge is 2.49. The van der Waals surface area contributed by atoms with E-state index >= 15 is 0 Å². The highest BCUT2D eigenvalue weighted by atomic mass is 35.5. The largest absolute Gasteiger partial charge is 0.368 e. The van der Waals surface area contributed by atoms with Crippen molar-refractivity contribution in [2.24, 2.45) is 11.7 Å². The van der Waals surface area contributed by atoms with Gasteiger partial charge in [-0.3, -0.25) is 4.79 Å². The van der Waals surface area contributed by atoms with Gasteiger partial charge in [-0.15, -0.1) is 0 Å². The molecule has 1 atom stereocenters. The summed E-state index contributed by atoms with van der Waals surface area (Å²) in [5.74, 6) is 1.80. The summed E-state index contributed by atoms with van der Waals surface area (Å²) < 4.78 is 0. The number of benzene rings is 1. The van der Waals surface area contributed by atoms with Gasteiger partial charge in [0.2, 0.25) is 5.91 Å². The molecule has 5 heteroatoms. The molecule has 1 amide bonds. The Hall–Kier alpha value is -0.710. The summed E-state index contributed by atoms with van der Waals surface area (Å²) >= 11 is 7.65. The lowest BCUT2D eigenvalue weighted by atomic mass is 9.94. The molecule has 0 aliphatic heterocycles. The number of nitrogens with two attached hydrogens (primary N) is 1. The lowest BCUT2D eigenvalue weighted by Crippen LogP contribution is -2.59. The Kier molecular flexibility index (Phi) is 5.97. The quantitative estimate of drug-likeness (QED) is 0.732. The van der Waals surface area contributed by atoms with Gasteiger partial charge in [-0.1, -0.05) is 30.7 Å². The first-order chi connectivity index (χ1) is 10.1. The third-order valence-corrected chi connectivity index (χ3v) is 5.37. The number of amides is 1. The number of halogens is 1. The molecule has 3 N–H and O–H groups in total. The van der Waals surface area contributed by atoms with Crippen molar-refractivity contribution in [2.75, 3.05) is 12.3 Å². The zero-order valence-corrected chi connectivity index (χ0v) is 14.0. The van der Waals surface area contributed by atoms with Gasteiger partial charge in [0.15, 0.2) is 0 Å². The van der Waals surface area contributed by atoms with E-state index in [4.69, 9.17) is 17.3 Å². The zero-order valence-electron chi connectivity index (χ0n) is 12.4. The molecule has 1 saturated carbocycles. The van der Waals surface area contributed by atoms with Gasteiger partial charge < -0.3 is 11.1 Å². The topological polar surface area (TPSA) is 55.1 Å². The predicted octanol–water partition coefficient (Wildman–Crippen LogP) is 3.21. The van der Waals surface area contributed by atoms with E-state index in [1.807, 2.05) is 24.3 Å². The van der Waals surface area contributed by atoms with E-state index in [2.05, 4.69) is 12.2 Å². The number of carbonyl (C=O) groups excluding carboxylic acids is 1. The van der Waals surface area contributed by atoms with Crippen molar-refractivity contribution in [3.8, 4) is 0 Å². The summed E-state index contributed by atoms with van der Waals surface area (Å²) in [5, 5.41) is 4.17. The maximum Gasteiger partial charge on any atom is 0.238 e. The minimum absolute atomic E-state index is 0.206. The molecule has 1 fully saturated rings. The Balaban J connectivity index is 1.95. The normalized spacial score (nSPS) is 17.4. The Morgan fingerprint density at radius 1 is 1.43 bits per heavy atom. The van der Waals surface area contributed by atoms with Gasteiger partial charge in [0.1, 0.15) is 5.54 Å². The number of primary amides is 1. The second-order valence-corrected chi connectivity index (χ2v) is 7.08. The third kappa shape index (κ3) is 4.38. The number of rotatable bonds is 9. The molecule has 3 nitrogen and oxygen atoms in total. The van der Waals surface area contributed by atoms with Crippen molar-refractivity contribution < 1.29 is 4.79 Å². The van der Waals surface area contributed by atoms with E-state index in [9.17, 15) is 4.79 Å². The first kappa shape index (κ1) is 16.7. The van der Waals surface area contributed by atoms with Crippen LogP contribution in [0.3, 0.4) is 0 Å². The average molecular weight is 327 g/mol. The van der Waals surface area contributed by atoms with Crippen LogP contribution < -0.4 is 11.1 Å². The maximum absolute atomic E-state index is 12.0. The molecule has 0 spiro atoms. The van der Waals surface area contributed by atoms with E-state index in [0.717, 1.165) is 42.3 Å². The van der Waals surface area contributed by atoms with Crippen LogP contribution >= 0.6 is 23.4 Å². The molecule has 1 aliphatic rings. The van der Waals surface area contributed by atoms with Crippen molar-refractivity contribution in [1.82, 2.24) is 5.32 Å². The van der Waals surface area contributed by atoms with Crippen molar-refractivity contribution in [1.29, 1.82) is 0 Å². The fraction of sp³-hybridized carbons (Fsp3) is 0.562. The van der Waals surface area contributed by atoms with Gasteiger partial charge in [-0.2, -0.15) is 11.8 Å². The van der Waals surface area contributed by atoms with Crippen LogP contribution in [-0.4, -0.2) is 23.7 Å². The molecule has 0 heterocycles. The fourth-order valence-corrected chi connectivity index (χ4v) is 3.97. The second-order valence-electron chi connectivity index (χ2n) is 5.66. The molecular formula is C16H23ClN2OS. The second kappa shape index (κ2) is 7.52. The molecule has 21 heavy (non-hydrogen) atoms. The molecule has 0 radical (unpaired) electrons. The van der Waals surface area contributed by atoms with Crippen LogP contribution in [0.25, 0.3) is 0 Å². The first-order valence-electron chi connectivity index (χ1n) is 7.45. The van der Waals surface area contributed by atoms with Gasteiger partial charge in [0, 0.05) is 16.5 Å². The Bertz CT molecular complexity index is 476. The Labute approximate surface area is 136 Å². The molecule has 0 bridgehead atoms. The van der Waals surface area contributed by atoms with Crippen LogP contribution in [0.1, 0.15) is 31.7 Å². The summed E-state index contributed by atoms with van der Waals surface area (Å²) in [7, 11) is 0. The molecule has 1 unspecified atom stereocenters. The molecule has 1 aromatic rings. The molecular weight excluding hydrogens is 304 g/mol. The number of hydrogen-bond donors (Lipinski definition) is 2. The van der Waals surface area contributed by atoms with Crippen LogP contribution in [0.5, 0.6) is 0 Å². The van der Waals surface area contributed by atoms with Gasteiger partial charge in [0.25, 0.3) is 0 Å². The monoisotopic (exact) mass is 326 g/mol. The molecule has 1 aromatic carbocycles. The van der Waals surface area contributed by atoms with Gasteiger partial charge in [-0.05, 0) is 49.4 Å². The SMILES string of the molecule is CCCNC(CSCc1ccc(Cl)cc1)(C(N)=O)C1CC1. The fourth-order valence-electron chi connectivity index (χ4n) is 2.51. The summed E-state index contributed by atoms with van der Waals surface area (Å²) in [6, 6.07) is 7.85. The van der Waals surface area contributed by atoms with E-state index < -0.39 is 5.54 Å². The Morgan fingerprint density at radius 3 is 2.62 bits per heavy atom. The predicted molar refractivity (Wildman–Crippen MR) is 90.6 cm³/mol. The lowest BCUT2D eigenvalue weighted by Gasteiger charge is -2.32. The Morgan fingerprint density at radius 2 is 2.10 bits per heavy atom. The van der Waals surface area contributed by atoms with Crippen LogP contribution in [0, 0.1) is 5.92 Å². The van der Waals surface area contributed by atoms with Crippen LogP contribution in [0.15, 0.2) is 24.3 Å². The number of thioether (sulfide) groups is 1. The molecule has 0 aromatic heterocycles. The van der Waals surface area contributed by atoms with Gasteiger partial charge >= 0.3 is 0 Å². The molecule has 2 rings (SSSR count). The summed E-state index contributed by atoms with van der Waals surface area (Å²) in [6.07, 6.45) is 3.20. The summed E-state index contributed by atoms with van der Waals surface area (Å²) in [6.45, 7) is 2.94. The van der Waals surface area contributed by atoms with Gasteiger partial charge in [0.05, 0.1) is 0 Å². The molecule has 0 saturated heterocycles. The van der Waals surface area contributed by atoms with Crippen molar-refractivity contribution in [3.63, 3.8) is 0 Å². The standard InChI is InChI=1S/C16H23ClN2OS/c1-2-9-19-16(15(18)20,13-5-6-13)11-21-10-12-3-7-14(17)8-4-12/h3-4,7-8,13,19H,2,5-6,9-11H2,1H3,(H2,18,20). The van der Waals surface area contributed by atoms with Gasteiger partial charge in [-0.25, -0.2) is 0 Å². The minimum atomic E-state index is -0.535. The number of nitrogens with one attached hydrogen (secondary N) is 1. The van der Waals surface area contributed by atoms with Crippen LogP contribution in [-0.2, 0) is 10.5 Å². The highest BCUT2D eigenvalue weighted by molar-refractivity contribution is 7.98. The number of carbonyl (C=O) groups is 1. The zero-order chi connectivity index (χ0) is 15.3. The molecule has 116 valence electrons.